The van der Waals surface area contributed by atoms with Crippen LogP contribution in [0.5, 0.6) is 0 Å². The molecule has 0 amide bonds. The van der Waals surface area contributed by atoms with E-state index < -0.39 is 0 Å². The van der Waals surface area contributed by atoms with Crippen LogP contribution in [0.2, 0.25) is 0 Å². The molecule has 2 aliphatic rings. The average molecular weight is 545 g/mol. The zero-order valence-electron chi connectivity index (χ0n) is 26.7. The molecule has 224 valence electrons. The van der Waals surface area contributed by atoms with Crippen molar-refractivity contribution in [3.05, 3.63) is 59.3 Å². The molecule has 1 aliphatic carbocycles. The molecule has 0 spiro atoms. The van der Waals surface area contributed by atoms with E-state index >= 15 is 0 Å². The summed E-state index contributed by atoms with van der Waals surface area (Å²) in [5.41, 5.74) is 6.59. The zero-order valence-corrected chi connectivity index (χ0v) is 26.7. The van der Waals surface area contributed by atoms with Gasteiger partial charge >= 0.3 is 0 Å². The Morgan fingerprint density at radius 2 is 1.64 bits per heavy atom. The first kappa shape index (κ1) is 35.5. The van der Waals surface area contributed by atoms with E-state index in [1.165, 1.54) is 22.3 Å². The summed E-state index contributed by atoms with van der Waals surface area (Å²) >= 11 is 0. The summed E-state index contributed by atoms with van der Waals surface area (Å²) in [5.74, 6) is 0.387. The topological polar surface area (TPSA) is 49.0 Å². The molecule has 1 heterocycles. The minimum absolute atomic E-state index is 0.0855. The van der Waals surface area contributed by atoms with Crippen LogP contribution in [0.1, 0.15) is 60.3 Å². The number of nitrogens with zero attached hydrogens (tertiary/aromatic N) is 2. The highest BCUT2D eigenvalue weighted by Crippen LogP contribution is 2.36. The van der Waals surface area contributed by atoms with Gasteiger partial charge in [0, 0.05) is 44.7 Å². The van der Waals surface area contributed by atoms with E-state index in [1.54, 1.807) is 0 Å². The molecule has 2 N–H and O–H groups in total. The van der Waals surface area contributed by atoms with Crippen LogP contribution < -0.4 is 10.6 Å². The molecule has 4 atom stereocenters. The first-order valence-electron chi connectivity index (χ1n) is 14.7. The lowest BCUT2D eigenvalue weighted by atomic mass is 9.78. The van der Waals surface area contributed by atoms with Crippen LogP contribution in [0, 0.1) is 5.92 Å². The van der Waals surface area contributed by atoms with Gasteiger partial charge in [-0.3, -0.25) is 0 Å². The maximum Gasteiger partial charge on any atom is 0.177 e. The Kier molecular flexibility index (Phi) is 17.8. The van der Waals surface area contributed by atoms with Crippen LogP contribution in [0.4, 0.5) is 0 Å². The van der Waals surface area contributed by atoms with Crippen LogP contribution in [0.3, 0.4) is 0 Å². The van der Waals surface area contributed by atoms with Gasteiger partial charge in [-0.25, -0.2) is 0 Å². The molecule has 2 rings (SSSR count). The predicted octanol–water partition coefficient (Wildman–Crippen LogP) is 5.57. The SMILES string of the molecule is C=C(C)CCC=C(C)C.C=C(C)CCO[C@@H]1C=C(CNCCN(C)C)[C@H]2C[C@H](NCCN(C)C)C(C)=C[C@H]2O1. The number of nitrogens with one attached hydrogen (secondary N) is 2. The van der Waals surface area contributed by atoms with Gasteiger partial charge in [0.15, 0.2) is 6.29 Å². The molecule has 0 aromatic heterocycles. The van der Waals surface area contributed by atoms with Crippen molar-refractivity contribution in [1.29, 1.82) is 0 Å². The Bertz CT molecular complexity index is 824. The number of allylic oxidation sites excluding steroid dienone is 3. The van der Waals surface area contributed by atoms with Crippen LogP contribution in [0.25, 0.3) is 0 Å². The number of rotatable bonds is 16. The van der Waals surface area contributed by atoms with Gasteiger partial charge in [-0.15, -0.1) is 13.2 Å². The van der Waals surface area contributed by atoms with Crippen molar-refractivity contribution in [2.45, 2.75) is 78.7 Å². The highest BCUT2D eigenvalue weighted by Gasteiger charge is 2.37. The molecule has 0 saturated heterocycles. The minimum atomic E-state index is -0.279. The standard InChI is InChI=1S/C24H44N4O2.C9H16/c1-18(2)8-13-29-24-15-20(17-25-9-11-27(4)5)21-16-22(26-10-12-28(6)7)19(3)14-23(21)30-24;1-8(2)6-5-7-9(3)4/h14-15,21-26H,1,8-13,16-17H2,2-7H3;7H,1,5-6H2,2-4H3/t21-,22+,23-,24+;/m1./s1. The van der Waals surface area contributed by atoms with Crippen LogP contribution in [-0.4, -0.2) is 95.8 Å². The fourth-order valence-corrected chi connectivity index (χ4v) is 4.53. The first-order valence-corrected chi connectivity index (χ1v) is 14.7. The van der Waals surface area contributed by atoms with Crippen molar-refractivity contribution in [3.8, 4) is 0 Å². The highest BCUT2D eigenvalue weighted by molar-refractivity contribution is 5.26. The normalized spacial score (nSPS) is 22.4. The Labute approximate surface area is 241 Å². The van der Waals surface area contributed by atoms with E-state index in [2.05, 4.69) is 108 Å². The number of ether oxygens (including phenoxy) is 2. The van der Waals surface area contributed by atoms with Gasteiger partial charge < -0.3 is 29.9 Å². The third kappa shape index (κ3) is 16.3. The Hall–Kier alpha value is -1.54. The molecule has 0 saturated carbocycles. The van der Waals surface area contributed by atoms with Crippen molar-refractivity contribution in [3.63, 3.8) is 0 Å². The van der Waals surface area contributed by atoms with Gasteiger partial charge in [0.25, 0.3) is 0 Å². The second-order valence-corrected chi connectivity index (χ2v) is 12.1. The largest absolute Gasteiger partial charge is 0.349 e. The van der Waals surface area contributed by atoms with E-state index in [1.807, 2.05) is 6.92 Å². The molecule has 0 radical (unpaired) electrons. The van der Waals surface area contributed by atoms with Crippen LogP contribution in [-0.2, 0) is 9.47 Å². The summed E-state index contributed by atoms with van der Waals surface area (Å²) in [7, 11) is 8.44. The number of likely N-dealkylation sites (N-methyl/N-ethyl adjacent to an activating group) is 2. The van der Waals surface area contributed by atoms with Crippen molar-refractivity contribution < 1.29 is 9.47 Å². The lowest BCUT2D eigenvalue weighted by Gasteiger charge is -2.41. The summed E-state index contributed by atoms with van der Waals surface area (Å²) in [4.78, 5) is 4.42. The monoisotopic (exact) mass is 544 g/mol. The molecule has 0 aromatic carbocycles. The molecule has 0 bridgehead atoms. The van der Waals surface area contributed by atoms with Gasteiger partial charge in [-0.1, -0.05) is 34.4 Å². The molecule has 0 aromatic rings. The Morgan fingerprint density at radius 1 is 1.00 bits per heavy atom. The molecule has 6 nitrogen and oxygen atoms in total. The van der Waals surface area contributed by atoms with E-state index in [9.17, 15) is 0 Å². The molecular formula is C33H60N4O2. The van der Waals surface area contributed by atoms with E-state index in [4.69, 9.17) is 9.47 Å². The maximum atomic E-state index is 6.33. The lowest BCUT2D eigenvalue weighted by molar-refractivity contribution is -0.150. The summed E-state index contributed by atoms with van der Waals surface area (Å²) in [6.45, 7) is 23.9. The highest BCUT2D eigenvalue weighted by atomic mass is 16.7. The second-order valence-electron chi connectivity index (χ2n) is 12.1. The average Bonchev–Trinajstić information content (AvgIpc) is 2.81. The zero-order chi connectivity index (χ0) is 29.4. The lowest BCUT2D eigenvalue weighted by Crippen LogP contribution is -2.46. The molecule has 6 heteroatoms. The third-order valence-electron chi connectivity index (χ3n) is 6.93. The van der Waals surface area contributed by atoms with E-state index in [0.29, 0.717) is 18.6 Å². The predicted molar refractivity (Wildman–Crippen MR) is 169 cm³/mol. The van der Waals surface area contributed by atoms with E-state index in [-0.39, 0.29) is 12.4 Å². The third-order valence-corrected chi connectivity index (χ3v) is 6.93. The van der Waals surface area contributed by atoms with Gasteiger partial charge in [0.1, 0.15) is 0 Å². The van der Waals surface area contributed by atoms with Gasteiger partial charge in [0.05, 0.1) is 12.7 Å². The first-order chi connectivity index (χ1) is 18.4. The summed E-state index contributed by atoms with van der Waals surface area (Å²) in [6.07, 6.45) is 10.8. The molecule has 0 unspecified atom stereocenters. The second kappa shape index (κ2) is 19.5. The number of hydrogen-bond donors (Lipinski definition) is 2. The van der Waals surface area contributed by atoms with Crippen molar-refractivity contribution >= 4 is 0 Å². The van der Waals surface area contributed by atoms with Gasteiger partial charge in [-0.2, -0.15) is 0 Å². The fraction of sp³-hybridized carbons (Fsp3) is 0.697. The van der Waals surface area contributed by atoms with Crippen molar-refractivity contribution in [2.75, 3.05) is 67.5 Å². The smallest absolute Gasteiger partial charge is 0.177 e. The van der Waals surface area contributed by atoms with Gasteiger partial charge in [0.2, 0.25) is 0 Å². The fourth-order valence-electron chi connectivity index (χ4n) is 4.53. The summed E-state index contributed by atoms with van der Waals surface area (Å²) < 4.78 is 12.4. The Morgan fingerprint density at radius 3 is 2.23 bits per heavy atom. The molecule has 39 heavy (non-hydrogen) atoms. The minimum Gasteiger partial charge on any atom is -0.349 e. The Balaban J connectivity index is 0.000000724. The summed E-state index contributed by atoms with van der Waals surface area (Å²) in [5, 5.41) is 7.35. The maximum absolute atomic E-state index is 6.33. The van der Waals surface area contributed by atoms with Gasteiger partial charge in [-0.05, 0) is 100 Å². The van der Waals surface area contributed by atoms with Crippen LogP contribution in [0.15, 0.2) is 59.3 Å². The van der Waals surface area contributed by atoms with Crippen LogP contribution >= 0.6 is 0 Å². The number of fused-ring (bicyclic) bond motifs is 1. The van der Waals surface area contributed by atoms with Crippen molar-refractivity contribution in [2.24, 2.45) is 5.92 Å². The number of hydrogen-bond acceptors (Lipinski definition) is 6. The quantitative estimate of drug-likeness (QED) is 0.196. The summed E-state index contributed by atoms with van der Waals surface area (Å²) in [6, 6.07) is 0.404. The van der Waals surface area contributed by atoms with E-state index in [0.717, 1.165) is 64.0 Å². The molecule has 1 aliphatic heterocycles. The molecular weight excluding hydrogens is 484 g/mol. The molecule has 0 fully saturated rings. The van der Waals surface area contributed by atoms with Crippen molar-refractivity contribution in [1.82, 2.24) is 20.4 Å².